The highest BCUT2D eigenvalue weighted by Crippen LogP contribution is 2.24. The average Bonchev–Trinajstić information content (AvgIpc) is 2.82. The van der Waals surface area contributed by atoms with Crippen molar-refractivity contribution in [2.75, 3.05) is 39.3 Å². The second kappa shape index (κ2) is 6.60. The molecule has 7 nitrogen and oxygen atoms in total. The second-order valence-corrected chi connectivity index (χ2v) is 6.51. The molecule has 126 valence electrons. The summed E-state index contributed by atoms with van der Waals surface area (Å²) in [7, 11) is 0. The molecule has 1 atom stereocenters. The van der Waals surface area contributed by atoms with E-state index in [1.165, 1.54) is 12.5 Å². The molecule has 0 aromatic heterocycles. The molecule has 1 N–H and O–H groups in total. The van der Waals surface area contributed by atoms with Crippen LogP contribution >= 0.6 is 0 Å². The molecule has 3 saturated heterocycles. The quantitative estimate of drug-likeness (QED) is 0.727. The summed E-state index contributed by atoms with van der Waals surface area (Å²) in [5.74, 6) is -0.310. The van der Waals surface area contributed by atoms with E-state index in [1.807, 2.05) is 9.80 Å². The lowest BCUT2D eigenvalue weighted by Crippen LogP contribution is -2.55. The number of urea groups is 1. The highest BCUT2D eigenvalue weighted by atomic mass is 16.2. The number of rotatable bonds is 5. The van der Waals surface area contributed by atoms with Crippen LogP contribution in [0, 0.1) is 5.92 Å². The number of carbonyl (C=O) groups is 3. The SMILES string of the molecule is C=CC(=O)N1CC(C(=O)NCCN2CC3CCCCN3C2=O)C1. The molecule has 3 aliphatic rings. The molecular weight excluding hydrogens is 296 g/mol. The maximum absolute atomic E-state index is 12.3. The van der Waals surface area contributed by atoms with Gasteiger partial charge in [0.15, 0.2) is 0 Å². The van der Waals surface area contributed by atoms with Crippen LogP contribution in [0.3, 0.4) is 0 Å². The van der Waals surface area contributed by atoms with E-state index in [4.69, 9.17) is 0 Å². The molecular formula is C16H24N4O3. The highest BCUT2D eigenvalue weighted by Gasteiger charge is 2.38. The summed E-state index contributed by atoms with van der Waals surface area (Å²) in [4.78, 5) is 41.0. The number of hydrogen-bond acceptors (Lipinski definition) is 3. The van der Waals surface area contributed by atoms with E-state index in [9.17, 15) is 14.4 Å². The van der Waals surface area contributed by atoms with Crippen LogP contribution in [0.25, 0.3) is 0 Å². The molecule has 1 unspecified atom stereocenters. The largest absolute Gasteiger partial charge is 0.354 e. The van der Waals surface area contributed by atoms with Gasteiger partial charge in [0.2, 0.25) is 11.8 Å². The molecule has 0 aromatic rings. The Hall–Kier alpha value is -2.05. The Kier molecular flexibility index (Phi) is 4.54. The number of amides is 4. The first-order chi connectivity index (χ1) is 11.1. The fraction of sp³-hybridized carbons (Fsp3) is 0.688. The normalized spacial score (nSPS) is 24.3. The maximum Gasteiger partial charge on any atom is 0.320 e. The van der Waals surface area contributed by atoms with Crippen LogP contribution in [0.4, 0.5) is 4.79 Å². The summed E-state index contributed by atoms with van der Waals surface area (Å²) in [5, 5.41) is 2.88. The van der Waals surface area contributed by atoms with Crippen molar-refractivity contribution in [1.29, 1.82) is 0 Å². The number of nitrogens with one attached hydrogen (secondary N) is 1. The lowest BCUT2D eigenvalue weighted by atomic mass is 9.99. The molecule has 3 aliphatic heterocycles. The van der Waals surface area contributed by atoms with Crippen molar-refractivity contribution in [2.45, 2.75) is 25.3 Å². The van der Waals surface area contributed by atoms with Gasteiger partial charge in [-0.3, -0.25) is 9.59 Å². The monoisotopic (exact) mass is 320 g/mol. The Morgan fingerprint density at radius 2 is 2.04 bits per heavy atom. The van der Waals surface area contributed by atoms with Gasteiger partial charge in [-0.2, -0.15) is 0 Å². The molecule has 0 aromatic carbocycles. The van der Waals surface area contributed by atoms with Gasteiger partial charge in [-0.05, 0) is 25.3 Å². The molecule has 3 rings (SSSR count). The lowest BCUT2D eigenvalue weighted by molar-refractivity contribution is -0.139. The van der Waals surface area contributed by atoms with Crippen molar-refractivity contribution >= 4 is 17.8 Å². The predicted molar refractivity (Wildman–Crippen MR) is 84.6 cm³/mol. The number of fused-ring (bicyclic) bond motifs is 1. The molecule has 23 heavy (non-hydrogen) atoms. The summed E-state index contributed by atoms with van der Waals surface area (Å²) in [6.07, 6.45) is 4.64. The van der Waals surface area contributed by atoms with Crippen LogP contribution in [0.15, 0.2) is 12.7 Å². The van der Waals surface area contributed by atoms with Gasteiger partial charge in [0.05, 0.1) is 12.0 Å². The minimum Gasteiger partial charge on any atom is -0.354 e. The lowest BCUT2D eigenvalue weighted by Gasteiger charge is -2.37. The third kappa shape index (κ3) is 3.18. The van der Waals surface area contributed by atoms with Crippen molar-refractivity contribution in [2.24, 2.45) is 5.92 Å². The van der Waals surface area contributed by atoms with Gasteiger partial charge in [-0.25, -0.2) is 4.79 Å². The summed E-state index contributed by atoms with van der Waals surface area (Å²) < 4.78 is 0. The second-order valence-electron chi connectivity index (χ2n) is 6.51. The molecule has 3 heterocycles. The van der Waals surface area contributed by atoms with Crippen LogP contribution in [0.1, 0.15) is 19.3 Å². The van der Waals surface area contributed by atoms with Crippen LogP contribution in [0.5, 0.6) is 0 Å². The molecule has 0 spiro atoms. The summed E-state index contributed by atoms with van der Waals surface area (Å²) >= 11 is 0. The van der Waals surface area contributed by atoms with Crippen molar-refractivity contribution in [3.05, 3.63) is 12.7 Å². The number of nitrogens with zero attached hydrogens (tertiary/aromatic N) is 3. The van der Waals surface area contributed by atoms with Gasteiger partial charge in [-0.15, -0.1) is 0 Å². The Balaban J connectivity index is 1.37. The zero-order valence-corrected chi connectivity index (χ0v) is 13.4. The summed E-state index contributed by atoms with van der Waals surface area (Å²) in [6.45, 7) is 7.00. The van der Waals surface area contributed by atoms with E-state index >= 15 is 0 Å². The van der Waals surface area contributed by atoms with Crippen LogP contribution < -0.4 is 5.32 Å². The standard InChI is InChI=1S/C16H24N4O3/c1-2-14(21)19-9-12(10-19)15(22)17-6-8-18-11-13-5-3-4-7-20(13)16(18)23/h2,12-13H,1,3-11H2,(H,17,22). The van der Waals surface area contributed by atoms with Crippen molar-refractivity contribution in [3.63, 3.8) is 0 Å². The van der Waals surface area contributed by atoms with Gasteiger partial charge in [-0.1, -0.05) is 6.58 Å². The summed E-state index contributed by atoms with van der Waals surface area (Å²) in [6, 6.07) is 0.465. The van der Waals surface area contributed by atoms with Gasteiger partial charge >= 0.3 is 6.03 Å². The first-order valence-electron chi connectivity index (χ1n) is 8.34. The van der Waals surface area contributed by atoms with Gasteiger partial charge in [0, 0.05) is 39.3 Å². The number of carbonyl (C=O) groups excluding carboxylic acids is 3. The number of likely N-dealkylation sites (tertiary alicyclic amines) is 1. The maximum atomic E-state index is 12.3. The number of hydrogen-bond donors (Lipinski definition) is 1. The predicted octanol–water partition coefficient (Wildman–Crippen LogP) is 0.0371. The van der Waals surface area contributed by atoms with Crippen LogP contribution in [-0.2, 0) is 9.59 Å². The fourth-order valence-electron chi connectivity index (χ4n) is 3.56. The van der Waals surface area contributed by atoms with E-state index in [-0.39, 0.29) is 23.8 Å². The molecule has 7 heteroatoms. The third-order valence-corrected chi connectivity index (χ3v) is 4.99. The Labute approximate surface area is 136 Å². The molecule has 0 aliphatic carbocycles. The Morgan fingerprint density at radius 1 is 1.26 bits per heavy atom. The van der Waals surface area contributed by atoms with Gasteiger partial charge < -0.3 is 20.0 Å². The molecule has 4 amide bonds. The van der Waals surface area contributed by atoms with E-state index in [1.54, 1.807) is 4.90 Å². The molecule has 0 radical (unpaired) electrons. The first kappa shape index (κ1) is 15.8. The van der Waals surface area contributed by atoms with Crippen LogP contribution in [-0.4, -0.2) is 77.9 Å². The van der Waals surface area contributed by atoms with E-state index < -0.39 is 0 Å². The Bertz CT molecular complexity index is 515. The minimum atomic E-state index is -0.139. The summed E-state index contributed by atoms with van der Waals surface area (Å²) in [5.41, 5.74) is 0. The minimum absolute atomic E-state index is 0.0394. The van der Waals surface area contributed by atoms with E-state index in [0.717, 1.165) is 25.9 Å². The van der Waals surface area contributed by atoms with Crippen molar-refractivity contribution in [3.8, 4) is 0 Å². The highest BCUT2D eigenvalue weighted by molar-refractivity contribution is 5.90. The third-order valence-electron chi connectivity index (χ3n) is 4.99. The van der Waals surface area contributed by atoms with Gasteiger partial charge in [0.25, 0.3) is 0 Å². The van der Waals surface area contributed by atoms with Crippen molar-refractivity contribution < 1.29 is 14.4 Å². The smallest absolute Gasteiger partial charge is 0.320 e. The molecule has 0 bridgehead atoms. The zero-order chi connectivity index (χ0) is 16.4. The molecule has 0 saturated carbocycles. The number of piperidine rings is 1. The fourth-order valence-corrected chi connectivity index (χ4v) is 3.56. The average molecular weight is 320 g/mol. The molecule has 3 fully saturated rings. The van der Waals surface area contributed by atoms with Gasteiger partial charge in [0.1, 0.15) is 0 Å². The zero-order valence-electron chi connectivity index (χ0n) is 13.4. The topological polar surface area (TPSA) is 73.0 Å². The Morgan fingerprint density at radius 3 is 2.74 bits per heavy atom. The van der Waals surface area contributed by atoms with E-state index in [0.29, 0.717) is 32.2 Å². The van der Waals surface area contributed by atoms with E-state index in [2.05, 4.69) is 11.9 Å². The van der Waals surface area contributed by atoms with Crippen molar-refractivity contribution in [1.82, 2.24) is 20.0 Å². The first-order valence-corrected chi connectivity index (χ1v) is 8.34. The van der Waals surface area contributed by atoms with Crippen LogP contribution in [0.2, 0.25) is 0 Å².